The van der Waals surface area contributed by atoms with Crippen LogP contribution >= 0.6 is 0 Å². The smallest absolute Gasteiger partial charge is 0.164 e. The van der Waals surface area contributed by atoms with Gasteiger partial charge < -0.3 is 4.42 Å². The molecule has 0 radical (unpaired) electrons. The number of fused-ring (bicyclic) bond motifs is 4. The van der Waals surface area contributed by atoms with Gasteiger partial charge in [-0.2, -0.15) is 0 Å². The minimum absolute atomic E-state index is 0.0320. The van der Waals surface area contributed by atoms with Crippen molar-refractivity contribution in [3.05, 3.63) is 163 Å². The van der Waals surface area contributed by atoms with Crippen LogP contribution in [0.5, 0.6) is 0 Å². The molecule has 7 aromatic carbocycles. The molecule has 9 rings (SSSR count). The third-order valence-electron chi connectivity index (χ3n) is 7.37. The molecule has 2 aromatic heterocycles. The maximum atomic E-state index is 9.61. The Balaban J connectivity index is 1.38. The SMILES string of the molecule is [2H]c1c([2H])c(-c2nc(-c3ccccc3)nc(-c3c([2H])c([2H])c4c([2H])c(-c5ccccc5)c([2H])c([2H])c4c3[2H])n2)c([2H])c(-c2c([2H])c([2H])c([2H])c3oc4c([2H])c([2H])c([2H])c([2H])c4c23)c1[2H]. The van der Waals surface area contributed by atoms with Crippen molar-refractivity contribution >= 4 is 32.7 Å². The maximum absolute atomic E-state index is 9.61. The fourth-order valence-corrected chi connectivity index (χ4v) is 5.18. The monoisotopic (exact) mass is 618 g/mol. The molecule has 0 bridgehead atoms. The summed E-state index contributed by atoms with van der Waals surface area (Å²) < 4.78 is 157. The van der Waals surface area contributed by atoms with E-state index in [4.69, 9.17) is 23.6 Å². The number of rotatable bonds is 5. The van der Waals surface area contributed by atoms with E-state index < -0.39 is 142 Å². The summed E-state index contributed by atoms with van der Waals surface area (Å²) in [5.41, 5.74) is -2.03. The lowest BCUT2D eigenvalue weighted by Gasteiger charge is -2.11. The molecule has 0 saturated heterocycles. The van der Waals surface area contributed by atoms with Crippen molar-refractivity contribution in [1.82, 2.24) is 15.0 Å². The summed E-state index contributed by atoms with van der Waals surface area (Å²) in [6, 6.07) is 5.74. The first-order valence-corrected chi connectivity index (χ1v) is 14.3. The fraction of sp³-hybridized carbons (Fsp3) is 0. The lowest BCUT2D eigenvalue weighted by molar-refractivity contribution is 0.669. The first-order valence-electron chi connectivity index (χ1n) is 22.8. The van der Waals surface area contributed by atoms with Crippen LogP contribution in [0.4, 0.5) is 0 Å². The molecule has 220 valence electrons. The number of benzene rings is 7. The van der Waals surface area contributed by atoms with Gasteiger partial charge >= 0.3 is 0 Å². The fourth-order valence-electron chi connectivity index (χ4n) is 5.18. The highest BCUT2D eigenvalue weighted by molar-refractivity contribution is 6.12. The third-order valence-corrected chi connectivity index (χ3v) is 7.37. The van der Waals surface area contributed by atoms with Crippen LogP contribution < -0.4 is 0 Å². The van der Waals surface area contributed by atoms with Crippen molar-refractivity contribution in [2.45, 2.75) is 0 Å². The number of para-hydroxylation sites is 1. The normalized spacial score (nSPS) is 16.5. The molecule has 0 unspecified atom stereocenters. The van der Waals surface area contributed by atoms with Crippen LogP contribution in [-0.2, 0) is 0 Å². The Kier molecular flexibility index (Phi) is 3.53. The van der Waals surface area contributed by atoms with Gasteiger partial charge in [0.05, 0.1) is 23.3 Å². The molecule has 0 saturated carbocycles. The van der Waals surface area contributed by atoms with E-state index in [0.29, 0.717) is 11.1 Å². The largest absolute Gasteiger partial charge is 0.456 e. The van der Waals surface area contributed by atoms with Crippen LogP contribution in [0.2, 0.25) is 0 Å². The van der Waals surface area contributed by atoms with E-state index in [1.807, 2.05) is 0 Å². The van der Waals surface area contributed by atoms with Crippen LogP contribution in [-0.4, -0.2) is 15.0 Å². The van der Waals surface area contributed by atoms with Gasteiger partial charge in [0.2, 0.25) is 0 Å². The molecule has 4 heteroatoms. The van der Waals surface area contributed by atoms with Gasteiger partial charge in [0.25, 0.3) is 0 Å². The zero-order chi connectivity index (χ0) is 46.0. The quantitative estimate of drug-likeness (QED) is 0.193. The zero-order valence-electron chi connectivity index (χ0n) is 41.0. The van der Waals surface area contributed by atoms with Crippen LogP contribution in [0.15, 0.2) is 168 Å². The van der Waals surface area contributed by atoms with Gasteiger partial charge in [-0.1, -0.05) is 133 Å². The molecule has 0 spiro atoms. The molecule has 4 nitrogen and oxygen atoms in total. The summed E-state index contributed by atoms with van der Waals surface area (Å²) in [5.74, 6) is -1.09. The second kappa shape index (κ2) is 11.2. The number of nitrogens with zero attached hydrogens (tertiary/aromatic N) is 3. The summed E-state index contributed by atoms with van der Waals surface area (Å²) in [6.45, 7) is 0. The summed E-state index contributed by atoms with van der Waals surface area (Å²) in [7, 11) is 0. The summed E-state index contributed by atoms with van der Waals surface area (Å²) in [6.07, 6.45) is 0. The van der Waals surface area contributed by atoms with Gasteiger partial charge in [0.1, 0.15) is 11.2 Å². The molecule has 0 aliphatic heterocycles. The van der Waals surface area contributed by atoms with Crippen molar-refractivity contribution in [2.75, 3.05) is 0 Å². The molecule has 0 atom stereocenters. The van der Waals surface area contributed by atoms with Crippen LogP contribution in [0.1, 0.15) is 23.3 Å². The predicted molar refractivity (Wildman–Crippen MR) is 192 cm³/mol. The second-order valence-electron chi connectivity index (χ2n) is 10.3. The van der Waals surface area contributed by atoms with E-state index in [2.05, 4.69) is 15.0 Å². The topological polar surface area (TPSA) is 51.8 Å². The standard InChI is InChI=1S/C43H27N3O/c1-3-11-28(12-4-1)30-21-22-32-26-35(24-23-31(32)25-30)43-45-41(29-13-5-2-6-14-29)44-42(46-43)34-16-9-15-33(27-34)36-18-10-20-39-40(36)37-17-7-8-19-38(37)47-39/h1-27H/i7D,8D,9D,10D,15D,16D,17D,18D,19D,20D,21D,22D,23D,24D,25D,26D,27D. The van der Waals surface area contributed by atoms with Crippen LogP contribution in [0.3, 0.4) is 0 Å². The van der Waals surface area contributed by atoms with Gasteiger partial charge in [-0.3, -0.25) is 0 Å². The van der Waals surface area contributed by atoms with E-state index in [1.165, 1.54) is 0 Å². The Labute approximate surface area is 295 Å². The number of aromatic nitrogens is 3. The molecule has 0 fully saturated rings. The Hall–Kier alpha value is -6.39. The summed E-state index contributed by atoms with van der Waals surface area (Å²) >= 11 is 0. The average molecular weight is 619 g/mol. The average Bonchev–Trinajstić information content (AvgIpc) is 3.69. The van der Waals surface area contributed by atoms with Gasteiger partial charge in [0.15, 0.2) is 17.5 Å². The Morgan fingerprint density at radius 1 is 0.426 bits per heavy atom. The second-order valence-corrected chi connectivity index (χ2v) is 10.3. The molecular weight excluding hydrogens is 574 g/mol. The van der Waals surface area contributed by atoms with Crippen molar-refractivity contribution in [2.24, 2.45) is 0 Å². The summed E-state index contributed by atoms with van der Waals surface area (Å²) in [4.78, 5) is 13.6. The highest BCUT2D eigenvalue weighted by Gasteiger charge is 2.16. The Morgan fingerprint density at radius 3 is 1.77 bits per heavy atom. The van der Waals surface area contributed by atoms with E-state index >= 15 is 0 Å². The zero-order valence-corrected chi connectivity index (χ0v) is 24.0. The van der Waals surface area contributed by atoms with Gasteiger partial charge in [0, 0.05) is 27.5 Å². The molecule has 0 aliphatic carbocycles. The van der Waals surface area contributed by atoms with Gasteiger partial charge in [-0.25, -0.2) is 15.0 Å². The molecule has 0 aliphatic rings. The minimum atomic E-state index is -0.812. The molecule has 0 amide bonds. The first kappa shape index (κ1) is 14.8. The van der Waals surface area contributed by atoms with Crippen molar-refractivity contribution < 1.29 is 27.7 Å². The van der Waals surface area contributed by atoms with Crippen molar-refractivity contribution in [3.63, 3.8) is 0 Å². The Bertz CT molecular complexity index is 3530. The maximum Gasteiger partial charge on any atom is 0.164 e. The van der Waals surface area contributed by atoms with E-state index in [-0.39, 0.29) is 39.0 Å². The summed E-state index contributed by atoms with van der Waals surface area (Å²) in [5, 5.41) is -1.14. The molecule has 2 heterocycles. The van der Waals surface area contributed by atoms with Crippen LogP contribution in [0.25, 0.3) is 89.1 Å². The van der Waals surface area contributed by atoms with Crippen molar-refractivity contribution in [3.8, 4) is 56.4 Å². The van der Waals surface area contributed by atoms with Crippen molar-refractivity contribution in [1.29, 1.82) is 0 Å². The molecule has 0 N–H and O–H groups in total. The highest BCUT2D eigenvalue weighted by Crippen LogP contribution is 2.38. The molecular formula is C43H27N3O. The molecule has 47 heavy (non-hydrogen) atoms. The van der Waals surface area contributed by atoms with E-state index in [1.54, 1.807) is 60.7 Å². The van der Waals surface area contributed by atoms with Crippen LogP contribution in [0, 0.1) is 0 Å². The lowest BCUT2D eigenvalue weighted by atomic mass is 9.97. The molecule has 9 aromatic rings. The highest BCUT2D eigenvalue weighted by atomic mass is 16.3. The van der Waals surface area contributed by atoms with E-state index in [9.17, 15) is 4.11 Å². The number of hydrogen-bond donors (Lipinski definition) is 0. The van der Waals surface area contributed by atoms with E-state index in [0.717, 1.165) is 0 Å². The predicted octanol–water partition coefficient (Wildman–Crippen LogP) is 11.3. The first-order chi connectivity index (χ1) is 30.4. The van der Waals surface area contributed by atoms with Gasteiger partial charge in [-0.15, -0.1) is 0 Å². The number of hydrogen-bond acceptors (Lipinski definition) is 4. The minimum Gasteiger partial charge on any atom is -0.456 e. The number of furan rings is 1. The lowest BCUT2D eigenvalue weighted by Crippen LogP contribution is -2.00. The van der Waals surface area contributed by atoms with Gasteiger partial charge in [-0.05, 0) is 63.2 Å². The Morgan fingerprint density at radius 2 is 1.00 bits per heavy atom. The third kappa shape index (κ3) is 4.93.